The molecule has 0 radical (unpaired) electrons. The zero-order valence-corrected chi connectivity index (χ0v) is 10.9. The van der Waals surface area contributed by atoms with Gasteiger partial charge in [0.1, 0.15) is 6.33 Å². The van der Waals surface area contributed by atoms with Crippen molar-refractivity contribution >= 4 is 5.91 Å². The van der Waals surface area contributed by atoms with Crippen molar-refractivity contribution in [2.75, 3.05) is 0 Å². The SMILES string of the molecule is O=C(c1ccccc1Cc1ccccc1)n1ccnc1. The Bertz CT molecular complexity index is 703. The molecule has 0 atom stereocenters. The smallest absolute Gasteiger partial charge is 0.263 e. The number of benzene rings is 2. The van der Waals surface area contributed by atoms with Gasteiger partial charge in [-0.25, -0.2) is 4.98 Å². The summed E-state index contributed by atoms with van der Waals surface area (Å²) in [6.45, 7) is 0. The average molecular weight is 262 g/mol. The van der Waals surface area contributed by atoms with E-state index >= 15 is 0 Å². The van der Waals surface area contributed by atoms with E-state index in [-0.39, 0.29) is 5.91 Å². The van der Waals surface area contributed by atoms with Crippen LogP contribution in [0.4, 0.5) is 0 Å². The van der Waals surface area contributed by atoms with Crippen LogP contribution in [-0.4, -0.2) is 15.5 Å². The van der Waals surface area contributed by atoms with E-state index in [1.165, 1.54) is 16.5 Å². The van der Waals surface area contributed by atoms with Crippen LogP contribution in [0.1, 0.15) is 21.5 Å². The molecular weight excluding hydrogens is 248 g/mol. The average Bonchev–Trinajstić information content (AvgIpc) is 3.02. The Morgan fingerprint density at radius 1 is 1.00 bits per heavy atom. The fourth-order valence-corrected chi connectivity index (χ4v) is 2.22. The fraction of sp³-hybridized carbons (Fsp3) is 0.0588. The highest BCUT2D eigenvalue weighted by atomic mass is 16.2. The van der Waals surface area contributed by atoms with Gasteiger partial charge in [-0.05, 0) is 23.6 Å². The molecule has 3 nitrogen and oxygen atoms in total. The van der Waals surface area contributed by atoms with Crippen LogP contribution in [0.5, 0.6) is 0 Å². The highest BCUT2D eigenvalue weighted by Crippen LogP contribution is 2.15. The van der Waals surface area contributed by atoms with Crippen LogP contribution >= 0.6 is 0 Å². The molecule has 1 aromatic heterocycles. The third kappa shape index (κ3) is 2.52. The summed E-state index contributed by atoms with van der Waals surface area (Å²) in [6, 6.07) is 17.9. The molecule has 0 spiro atoms. The molecule has 0 aliphatic heterocycles. The zero-order chi connectivity index (χ0) is 13.8. The molecule has 3 aromatic rings. The summed E-state index contributed by atoms with van der Waals surface area (Å²) >= 11 is 0. The van der Waals surface area contributed by atoms with E-state index in [2.05, 4.69) is 17.1 Å². The second-order valence-electron chi connectivity index (χ2n) is 4.59. The van der Waals surface area contributed by atoms with Gasteiger partial charge in [-0.3, -0.25) is 9.36 Å². The van der Waals surface area contributed by atoms with Gasteiger partial charge in [-0.1, -0.05) is 48.5 Å². The summed E-state index contributed by atoms with van der Waals surface area (Å²) in [6.07, 6.45) is 5.55. The van der Waals surface area contributed by atoms with Crippen LogP contribution in [0.15, 0.2) is 73.3 Å². The molecule has 0 amide bonds. The monoisotopic (exact) mass is 262 g/mol. The molecule has 0 aliphatic rings. The summed E-state index contributed by atoms with van der Waals surface area (Å²) in [4.78, 5) is 16.4. The molecule has 20 heavy (non-hydrogen) atoms. The van der Waals surface area contributed by atoms with E-state index in [0.29, 0.717) is 5.56 Å². The number of rotatable bonds is 3. The molecule has 0 unspecified atom stereocenters. The molecule has 1 heterocycles. The number of carbonyl (C=O) groups is 1. The lowest BCUT2D eigenvalue weighted by Crippen LogP contribution is -2.12. The lowest BCUT2D eigenvalue weighted by molar-refractivity contribution is 0.0959. The predicted molar refractivity (Wildman–Crippen MR) is 77.6 cm³/mol. The number of imidazole rings is 1. The molecule has 0 aliphatic carbocycles. The summed E-state index contributed by atoms with van der Waals surface area (Å²) in [7, 11) is 0. The number of hydrogen-bond donors (Lipinski definition) is 0. The Morgan fingerprint density at radius 2 is 1.75 bits per heavy atom. The minimum Gasteiger partial charge on any atom is -0.272 e. The van der Waals surface area contributed by atoms with Crippen LogP contribution in [0.3, 0.4) is 0 Å². The van der Waals surface area contributed by atoms with E-state index < -0.39 is 0 Å². The van der Waals surface area contributed by atoms with Crippen molar-refractivity contribution in [2.24, 2.45) is 0 Å². The third-order valence-electron chi connectivity index (χ3n) is 3.22. The van der Waals surface area contributed by atoms with Gasteiger partial charge in [-0.2, -0.15) is 0 Å². The highest BCUT2D eigenvalue weighted by Gasteiger charge is 2.12. The summed E-state index contributed by atoms with van der Waals surface area (Å²) in [5.41, 5.74) is 2.94. The Morgan fingerprint density at radius 3 is 2.50 bits per heavy atom. The summed E-state index contributed by atoms with van der Waals surface area (Å²) < 4.78 is 1.50. The van der Waals surface area contributed by atoms with Gasteiger partial charge in [0.15, 0.2) is 0 Å². The number of hydrogen-bond acceptors (Lipinski definition) is 2. The summed E-state index contributed by atoms with van der Waals surface area (Å²) in [5, 5.41) is 0. The normalized spacial score (nSPS) is 10.4. The maximum Gasteiger partial charge on any atom is 0.263 e. The predicted octanol–water partition coefficient (Wildman–Crippen LogP) is 3.16. The van der Waals surface area contributed by atoms with Crippen molar-refractivity contribution in [3.8, 4) is 0 Å². The molecule has 0 N–H and O–H groups in total. The van der Waals surface area contributed by atoms with Crippen molar-refractivity contribution in [3.63, 3.8) is 0 Å². The standard InChI is InChI=1S/C17H14N2O/c20-17(19-11-10-18-13-19)16-9-5-4-8-15(16)12-14-6-2-1-3-7-14/h1-11,13H,12H2. The number of nitrogens with zero attached hydrogens (tertiary/aromatic N) is 2. The van der Waals surface area contributed by atoms with Gasteiger partial charge in [0, 0.05) is 18.0 Å². The molecule has 98 valence electrons. The van der Waals surface area contributed by atoms with Gasteiger partial charge in [0.2, 0.25) is 0 Å². The highest BCUT2D eigenvalue weighted by molar-refractivity contribution is 5.97. The zero-order valence-electron chi connectivity index (χ0n) is 10.9. The Hall–Kier alpha value is -2.68. The first-order valence-corrected chi connectivity index (χ1v) is 6.49. The quantitative estimate of drug-likeness (QED) is 0.726. The maximum absolute atomic E-state index is 12.4. The minimum absolute atomic E-state index is 0.0472. The second kappa shape index (κ2) is 5.53. The van der Waals surface area contributed by atoms with Crippen molar-refractivity contribution < 1.29 is 4.79 Å². The topological polar surface area (TPSA) is 34.9 Å². The van der Waals surface area contributed by atoms with Gasteiger partial charge >= 0.3 is 0 Å². The first kappa shape index (κ1) is 12.4. The Kier molecular flexibility index (Phi) is 3.42. The molecule has 0 saturated heterocycles. The van der Waals surface area contributed by atoms with E-state index in [1.807, 2.05) is 42.5 Å². The molecule has 0 saturated carbocycles. The molecule has 0 bridgehead atoms. The van der Waals surface area contributed by atoms with Crippen LogP contribution in [0.2, 0.25) is 0 Å². The van der Waals surface area contributed by atoms with Gasteiger partial charge in [0.25, 0.3) is 5.91 Å². The van der Waals surface area contributed by atoms with Crippen LogP contribution in [-0.2, 0) is 6.42 Å². The lowest BCUT2D eigenvalue weighted by Gasteiger charge is -2.09. The Labute approximate surface area is 117 Å². The Balaban J connectivity index is 1.95. The van der Waals surface area contributed by atoms with E-state index in [0.717, 1.165) is 12.0 Å². The van der Waals surface area contributed by atoms with Gasteiger partial charge < -0.3 is 0 Å². The molecular formula is C17H14N2O. The van der Waals surface area contributed by atoms with Gasteiger partial charge in [-0.15, -0.1) is 0 Å². The number of carbonyl (C=O) groups excluding carboxylic acids is 1. The molecule has 3 heteroatoms. The minimum atomic E-state index is -0.0472. The van der Waals surface area contributed by atoms with E-state index in [4.69, 9.17) is 0 Å². The van der Waals surface area contributed by atoms with Crippen molar-refractivity contribution in [1.82, 2.24) is 9.55 Å². The van der Waals surface area contributed by atoms with Crippen molar-refractivity contribution in [3.05, 3.63) is 90.0 Å². The molecule has 0 fully saturated rings. The van der Waals surface area contributed by atoms with E-state index in [9.17, 15) is 4.79 Å². The lowest BCUT2D eigenvalue weighted by atomic mass is 9.99. The van der Waals surface area contributed by atoms with Crippen LogP contribution < -0.4 is 0 Å². The van der Waals surface area contributed by atoms with Crippen LogP contribution in [0.25, 0.3) is 0 Å². The van der Waals surface area contributed by atoms with Crippen LogP contribution in [0, 0.1) is 0 Å². The molecule has 3 rings (SSSR count). The second-order valence-corrected chi connectivity index (χ2v) is 4.59. The fourth-order valence-electron chi connectivity index (χ4n) is 2.22. The molecule has 2 aromatic carbocycles. The summed E-state index contributed by atoms with van der Waals surface area (Å²) in [5.74, 6) is -0.0472. The van der Waals surface area contributed by atoms with Gasteiger partial charge in [0.05, 0.1) is 0 Å². The first-order valence-electron chi connectivity index (χ1n) is 6.49. The first-order chi connectivity index (χ1) is 9.84. The third-order valence-corrected chi connectivity index (χ3v) is 3.22. The largest absolute Gasteiger partial charge is 0.272 e. The number of aromatic nitrogens is 2. The van der Waals surface area contributed by atoms with Crippen molar-refractivity contribution in [2.45, 2.75) is 6.42 Å². The van der Waals surface area contributed by atoms with Crippen molar-refractivity contribution in [1.29, 1.82) is 0 Å². The maximum atomic E-state index is 12.4. The van der Waals surface area contributed by atoms with E-state index in [1.54, 1.807) is 12.4 Å².